The molecule has 162 valence electrons. The molecule has 0 heterocycles. The third kappa shape index (κ3) is 2.54. The van der Waals surface area contributed by atoms with E-state index >= 15 is 0 Å². The summed E-state index contributed by atoms with van der Waals surface area (Å²) < 4.78 is 5.48. The third-order valence-electron chi connectivity index (χ3n) is 10.1. The number of rotatable bonds is 2. The van der Waals surface area contributed by atoms with E-state index in [2.05, 4.69) is 27.7 Å². The fraction of sp³-hybridized carbons (Fsp3) is 0.826. The Kier molecular flexibility index (Phi) is 4.53. The normalized spacial score (nSPS) is 46.7. The Hall–Kier alpha value is -1.40. The first kappa shape index (κ1) is 20.9. The van der Waals surface area contributed by atoms with E-state index in [9.17, 15) is 20.0 Å². The summed E-state index contributed by atoms with van der Waals surface area (Å²) in [6.07, 6.45) is 5.57. The van der Waals surface area contributed by atoms with Gasteiger partial charge in [-0.3, -0.25) is 14.8 Å². The zero-order valence-electron chi connectivity index (χ0n) is 18.3. The predicted molar refractivity (Wildman–Crippen MR) is 107 cm³/mol. The predicted octanol–water partition coefficient (Wildman–Crippen LogP) is 4.75. The molecule has 4 aliphatic rings. The molecule has 1 unspecified atom stereocenters. The molecule has 0 aromatic rings. The van der Waals surface area contributed by atoms with Gasteiger partial charge in [0.15, 0.2) is 0 Å². The fourth-order valence-electron chi connectivity index (χ4n) is 7.79. The van der Waals surface area contributed by atoms with Gasteiger partial charge in [-0.05, 0) is 66.3 Å². The number of hydrogen-bond acceptors (Lipinski definition) is 6. The van der Waals surface area contributed by atoms with Crippen LogP contribution in [0.2, 0.25) is 0 Å². The van der Waals surface area contributed by atoms with Crippen molar-refractivity contribution < 1.29 is 19.5 Å². The number of fused-ring (bicyclic) bond motifs is 5. The lowest BCUT2D eigenvalue weighted by Gasteiger charge is -2.68. The van der Waals surface area contributed by atoms with Crippen molar-refractivity contribution in [2.24, 2.45) is 27.6 Å². The molecule has 3 saturated carbocycles. The Balaban J connectivity index is 1.83. The summed E-state index contributed by atoms with van der Waals surface area (Å²) in [5.74, 6) is 0.192. The summed E-state index contributed by atoms with van der Waals surface area (Å²) >= 11 is 0. The lowest BCUT2D eigenvalue weighted by Crippen LogP contribution is -2.62. The smallest absolute Gasteiger partial charge is 0.302 e. The molecular formula is C23H34NO5-. The first-order valence-corrected chi connectivity index (χ1v) is 11.0. The summed E-state index contributed by atoms with van der Waals surface area (Å²) in [4.78, 5) is 24.4. The van der Waals surface area contributed by atoms with E-state index in [1.165, 1.54) is 6.92 Å². The van der Waals surface area contributed by atoms with E-state index in [0.29, 0.717) is 30.7 Å². The Morgan fingerprint density at radius 1 is 1.07 bits per heavy atom. The molecule has 0 saturated heterocycles. The molecule has 6 heteroatoms. The zero-order valence-corrected chi connectivity index (χ0v) is 18.3. The van der Waals surface area contributed by atoms with Crippen molar-refractivity contribution in [2.45, 2.75) is 92.1 Å². The fourth-order valence-corrected chi connectivity index (χ4v) is 7.79. The number of hydrogen-bond donors (Lipinski definition) is 1. The van der Waals surface area contributed by atoms with E-state index in [1.54, 1.807) is 0 Å². The van der Waals surface area contributed by atoms with Crippen LogP contribution in [0.4, 0.5) is 0 Å². The second-order valence-electron chi connectivity index (χ2n) is 10.9. The molecule has 0 bridgehead atoms. The van der Waals surface area contributed by atoms with Crippen molar-refractivity contribution in [3.05, 3.63) is 16.5 Å². The molecule has 4 aliphatic carbocycles. The first-order chi connectivity index (χ1) is 13.4. The lowest BCUT2D eigenvalue weighted by atomic mass is 9.37. The summed E-state index contributed by atoms with van der Waals surface area (Å²) in [6.45, 7) is 10.3. The molecule has 3 fully saturated rings. The Morgan fingerprint density at radius 2 is 1.72 bits per heavy atom. The number of nitrogens with zero attached hydrogens (tertiary/aromatic N) is 1. The topological polar surface area (TPSA) is 89.9 Å². The second kappa shape index (κ2) is 6.30. The van der Waals surface area contributed by atoms with Crippen LogP contribution < -0.4 is 0 Å². The second-order valence-corrected chi connectivity index (χ2v) is 10.9. The molecule has 0 aliphatic heterocycles. The number of Topliss-reactive ketones (excluding diaryl/α,β-unsaturated/α-hetero) is 1. The number of ether oxygens (including phenoxy) is 1. The first-order valence-electron chi connectivity index (χ1n) is 11.0. The van der Waals surface area contributed by atoms with Crippen molar-refractivity contribution in [3.8, 4) is 0 Å². The number of carbonyl (C=O) groups is 2. The minimum atomic E-state index is -0.353. The van der Waals surface area contributed by atoms with Crippen LogP contribution >= 0.6 is 0 Å². The molecule has 1 N–H and O–H groups in total. The molecule has 6 atom stereocenters. The molecule has 0 radical (unpaired) electrons. The van der Waals surface area contributed by atoms with Gasteiger partial charge in [0.1, 0.15) is 11.9 Å². The van der Waals surface area contributed by atoms with E-state index in [0.717, 1.165) is 37.7 Å². The maximum absolute atomic E-state index is 12.9. The Bertz CT molecular complexity index is 790. The van der Waals surface area contributed by atoms with Gasteiger partial charge in [0.05, 0.1) is 0 Å². The molecule has 4 rings (SSSR count). The quantitative estimate of drug-likeness (QED) is 0.528. The van der Waals surface area contributed by atoms with Crippen molar-refractivity contribution in [2.75, 3.05) is 0 Å². The van der Waals surface area contributed by atoms with Gasteiger partial charge in [-0.25, -0.2) is 0 Å². The van der Waals surface area contributed by atoms with Gasteiger partial charge in [-0.1, -0.05) is 27.7 Å². The summed E-state index contributed by atoms with van der Waals surface area (Å²) in [6, 6.07) is 0. The monoisotopic (exact) mass is 404 g/mol. The van der Waals surface area contributed by atoms with Crippen molar-refractivity contribution in [1.29, 1.82) is 0 Å². The maximum atomic E-state index is 12.9. The highest BCUT2D eigenvalue weighted by molar-refractivity contribution is 5.88. The Labute approximate surface area is 173 Å². The van der Waals surface area contributed by atoms with Crippen molar-refractivity contribution in [1.82, 2.24) is 5.23 Å². The Morgan fingerprint density at radius 3 is 2.34 bits per heavy atom. The molecule has 6 nitrogen and oxygen atoms in total. The number of ketones is 1. The van der Waals surface area contributed by atoms with Gasteiger partial charge in [-0.15, -0.1) is 0 Å². The molecular weight excluding hydrogens is 370 g/mol. The van der Waals surface area contributed by atoms with E-state index < -0.39 is 0 Å². The van der Waals surface area contributed by atoms with Crippen molar-refractivity contribution in [3.63, 3.8) is 0 Å². The molecule has 0 spiro atoms. The number of carbonyl (C=O) groups excluding carboxylic acids is 2. The van der Waals surface area contributed by atoms with Gasteiger partial charge in [0, 0.05) is 30.9 Å². The standard InChI is InChI=1S/C23H34NO5/c1-14(25)29-15-6-8-20(2)16(12-15)17(24(27)28)13-18-21(3)9-7-19(26)23(21,5)11-10-22(18,20)4/h15,18,27H,6-13H2,1-5H3/q-1/t15-,18?,20-,21-,22-,23+/m0/s1. The molecule has 29 heavy (non-hydrogen) atoms. The van der Waals surface area contributed by atoms with E-state index in [1.807, 2.05) is 0 Å². The van der Waals surface area contributed by atoms with Crippen LogP contribution in [0.15, 0.2) is 11.3 Å². The van der Waals surface area contributed by atoms with Crippen LogP contribution in [-0.4, -0.2) is 28.3 Å². The van der Waals surface area contributed by atoms with Crippen LogP contribution in [0.25, 0.3) is 0 Å². The summed E-state index contributed by atoms with van der Waals surface area (Å²) in [7, 11) is 0. The van der Waals surface area contributed by atoms with Crippen LogP contribution in [0, 0.1) is 32.8 Å². The highest BCUT2D eigenvalue weighted by atomic mass is 16.8. The summed E-state index contributed by atoms with van der Waals surface area (Å²) in [5, 5.41) is 22.4. The highest BCUT2D eigenvalue weighted by Gasteiger charge is 2.69. The number of esters is 1. The van der Waals surface area contributed by atoms with Gasteiger partial charge >= 0.3 is 5.97 Å². The number of allylic oxidation sites excluding steroid dienone is 1. The average Bonchev–Trinajstić information content (AvgIpc) is 2.87. The van der Waals surface area contributed by atoms with E-state index in [-0.39, 0.29) is 44.9 Å². The van der Waals surface area contributed by atoms with Crippen LogP contribution in [0.3, 0.4) is 0 Å². The van der Waals surface area contributed by atoms with Gasteiger partial charge in [-0.2, -0.15) is 0 Å². The zero-order chi connectivity index (χ0) is 21.4. The summed E-state index contributed by atoms with van der Waals surface area (Å²) in [5.41, 5.74) is 0.512. The van der Waals surface area contributed by atoms with Crippen LogP contribution in [0.1, 0.15) is 86.0 Å². The molecule has 0 aromatic heterocycles. The third-order valence-corrected chi connectivity index (χ3v) is 10.1. The maximum Gasteiger partial charge on any atom is 0.302 e. The lowest BCUT2D eigenvalue weighted by molar-refractivity contribution is -0.172. The van der Waals surface area contributed by atoms with Crippen LogP contribution in [-0.2, 0) is 14.3 Å². The van der Waals surface area contributed by atoms with Gasteiger partial charge in [0.25, 0.3) is 0 Å². The van der Waals surface area contributed by atoms with Gasteiger partial charge < -0.3 is 15.2 Å². The largest absolute Gasteiger partial charge is 0.734 e. The minimum Gasteiger partial charge on any atom is -0.734 e. The molecule has 0 aromatic carbocycles. The average molecular weight is 405 g/mol. The SMILES string of the molecule is CC(=O)O[C@H]1CC[C@@]2(C)C(=C(N([O-])O)CC3[C@]2(C)CC[C@]2(C)C(=O)CC[C@@]32C)C1. The van der Waals surface area contributed by atoms with E-state index in [4.69, 9.17) is 4.74 Å². The number of hydroxylamine groups is 2. The van der Waals surface area contributed by atoms with Gasteiger partial charge in [0.2, 0.25) is 0 Å². The molecule has 0 amide bonds. The minimum absolute atomic E-state index is 0.0510. The van der Waals surface area contributed by atoms with Crippen molar-refractivity contribution >= 4 is 11.8 Å². The highest BCUT2D eigenvalue weighted by Crippen LogP contribution is 2.75. The van der Waals surface area contributed by atoms with Crippen LogP contribution in [0.5, 0.6) is 0 Å².